The van der Waals surface area contributed by atoms with Crippen LogP contribution in [0, 0.1) is 13.8 Å². The van der Waals surface area contributed by atoms with E-state index in [0.717, 1.165) is 12.8 Å². The van der Waals surface area contributed by atoms with Gasteiger partial charge in [-0.25, -0.2) is 0 Å². The van der Waals surface area contributed by atoms with E-state index in [0.29, 0.717) is 18.6 Å². The molecule has 0 amide bonds. The number of carbonyl (C=O) groups excluding carboxylic acids is 1. The van der Waals surface area contributed by atoms with Crippen LogP contribution in [0.15, 0.2) is 24.3 Å². The zero-order valence-corrected chi connectivity index (χ0v) is 19.0. The summed E-state index contributed by atoms with van der Waals surface area (Å²) in [7, 11) is 0. The Labute approximate surface area is 171 Å². The summed E-state index contributed by atoms with van der Waals surface area (Å²) in [4.78, 5) is 13.1. The van der Waals surface area contributed by atoms with Crippen LogP contribution in [0.3, 0.4) is 0 Å². The molecule has 0 atom stereocenters. The van der Waals surface area contributed by atoms with Gasteiger partial charge in [0.15, 0.2) is 0 Å². The number of hydrogen-bond acceptors (Lipinski definition) is 1. The monoisotopic (exact) mass is 376 g/mol. The Hall–Kier alpha value is -1.89. The van der Waals surface area contributed by atoms with Crippen LogP contribution >= 0.6 is 0 Å². The van der Waals surface area contributed by atoms with E-state index in [4.69, 9.17) is 0 Å². The summed E-state index contributed by atoms with van der Waals surface area (Å²) in [6.45, 7) is 17.9. The molecule has 0 aromatic heterocycles. The molecule has 0 radical (unpaired) electrons. The quantitative estimate of drug-likeness (QED) is 0.523. The van der Waals surface area contributed by atoms with Crippen LogP contribution in [0.5, 0.6) is 0 Å². The molecule has 0 N–H and O–H groups in total. The zero-order valence-electron chi connectivity index (χ0n) is 19.0. The van der Waals surface area contributed by atoms with Crippen molar-refractivity contribution < 1.29 is 4.79 Å². The first-order valence-electron chi connectivity index (χ1n) is 10.6. The second kappa shape index (κ2) is 7.17. The van der Waals surface area contributed by atoms with Crippen molar-refractivity contribution in [1.82, 2.24) is 0 Å². The highest BCUT2D eigenvalue weighted by atomic mass is 16.1. The molecule has 0 unspecified atom stereocenters. The lowest BCUT2D eigenvalue weighted by atomic mass is 9.81. The lowest BCUT2D eigenvalue weighted by Crippen LogP contribution is -2.16. The molecule has 150 valence electrons. The fourth-order valence-electron chi connectivity index (χ4n) is 4.19. The Morgan fingerprint density at radius 2 is 0.929 bits per heavy atom. The predicted octanol–water partition coefficient (Wildman–Crippen LogP) is 6.35. The molecule has 0 fully saturated rings. The molecule has 1 heteroatoms. The van der Waals surface area contributed by atoms with Crippen molar-refractivity contribution in [2.45, 2.75) is 91.9 Å². The predicted molar refractivity (Wildman–Crippen MR) is 120 cm³/mol. The van der Waals surface area contributed by atoms with E-state index < -0.39 is 0 Å². The van der Waals surface area contributed by atoms with Crippen molar-refractivity contribution >= 4 is 5.78 Å². The standard InChI is InChI=1S/C27H36O/c1-17-19-9-10-20-12-24(27(6,7)8)14-22(18(20)2)16-25(28)15-21(17)13-23(11-19)26(3,4)5/h11-14H,9-10,15-16H2,1-8H3. The van der Waals surface area contributed by atoms with Gasteiger partial charge in [-0.05, 0) is 82.0 Å². The fourth-order valence-corrected chi connectivity index (χ4v) is 4.19. The molecular weight excluding hydrogens is 340 g/mol. The van der Waals surface area contributed by atoms with Crippen LogP contribution in [0.25, 0.3) is 0 Å². The molecule has 0 saturated heterocycles. The molecule has 2 aromatic carbocycles. The molecule has 1 nitrogen and oxygen atoms in total. The van der Waals surface area contributed by atoms with Crippen LogP contribution in [0.1, 0.15) is 86.1 Å². The third-order valence-electron chi connectivity index (χ3n) is 6.42. The van der Waals surface area contributed by atoms with E-state index in [2.05, 4.69) is 79.7 Å². The molecule has 4 bridgehead atoms. The first-order valence-corrected chi connectivity index (χ1v) is 10.6. The van der Waals surface area contributed by atoms with E-state index in [9.17, 15) is 4.79 Å². The minimum absolute atomic E-state index is 0.0906. The van der Waals surface area contributed by atoms with E-state index in [1.807, 2.05) is 0 Å². The van der Waals surface area contributed by atoms with Gasteiger partial charge in [-0.2, -0.15) is 0 Å². The van der Waals surface area contributed by atoms with E-state index in [1.54, 1.807) is 0 Å². The Morgan fingerprint density at radius 1 is 0.607 bits per heavy atom. The maximum Gasteiger partial charge on any atom is 0.141 e. The van der Waals surface area contributed by atoms with Gasteiger partial charge < -0.3 is 0 Å². The highest BCUT2D eigenvalue weighted by Gasteiger charge is 2.22. The number of hydrogen-bond donors (Lipinski definition) is 0. The molecule has 0 spiro atoms. The second-order valence-electron chi connectivity index (χ2n) is 10.7. The number of carbonyl (C=O) groups is 1. The number of aryl methyl sites for hydroxylation is 2. The smallest absolute Gasteiger partial charge is 0.141 e. The lowest BCUT2D eigenvalue weighted by Gasteiger charge is -2.24. The van der Waals surface area contributed by atoms with E-state index in [-0.39, 0.29) is 10.8 Å². The molecule has 3 rings (SSSR count). The average Bonchev–Trinajstić information content (AvgIpc) is 2.56. The van der Waals surface area contributed by atoms with Gasteiger partial charge in [0.2, 0.25) is 0 Å². The second-order valence-corrected chi connectivity index (χ2v) is 10.7. The summed E-state index contributed by atoms with van der Waals surface area (Å²) in [6.07, 6.45) is 3.14. The topological polar surface area (TPSA) is 17.1 Å². The van der Waals surface area contributed by atoms with Crippen molar-refractivity contribution in [3.63, 3.8) is 0 Å². The van der Waals surface area contributed by atoms with Gasteiger partial charge in [0.1, 0.15) is 5.78 Å². The van der Waals surface area contributed by atoms with Crippen LogP contribution in [0.2, 0.25) is 0 Å². The third kappa shape index (κ3) is 4.24. The Morgan fingerprint density at radius 3 is 1.25 bits per heavy atom. The third-order valence-corrected chi connectivity index (χ3v) is 6.42. The summed E-state index contributed by atoms with van der Waals surface area (Å²) >= 11 is 0. The lowest BCUT2D eigenvalue weighted by molar-refractivity contribution is -0.117. The molecular formula is C27H36O. The summed E-state index contributed by atoms with van der Waals surface area (Å²) in [6, 6.07) is 9.31. The number of fused-ring (bicyclic) bond motifs is 4. The Kier molecular flexibility index (Phi) is 5.34. The van der Waals surface area contributed by atoms with Gasteiger partial charge in [0.05, 0.1) is 0 Å². The van der Waals surface area contributed by atoms with Gasteiger partial charge in [-0.1, -0.05) is 65.8 Å². The van der Waals surface area contributed by atoms with Crippen LogP contribution in [-0.4, -0.2) is 5.78 Å². The maximum absolute atomic E-state index is 13.1. The molecule has 1 aliphatic carbocycles. The highest BCUT2D eigenvalue weighted by molar-refractivity contribution is 5.84. The Bertz CT molecular complexity index is 841. The van der Waals surface area contributed by atoms with Gasteiger partial charge in [-0.3, -0.25) is 4.79 Å². The zero-order chi connectivity index (χ0) is 20.9. The van der Waals surface area contributed by atoms with Crippen LogP contribution < -0.4 is 0 Å². The van der Waals surface area contributed by atoms with Crippen molar-refractivity contribution in [3.8, 4) is 0 Å². The van der Waals surface area contributed by atoms with Gasteiger partial charge in [0, 0.05) is 12.8 Å². The first-order chi connectivity index (χ1) is 12.9. The van der Waals surface area contributed by atoms with Crippen molar-refractivity contribution in [2.24, 2.45) is 0 Å². The molecule has 28 heavy (non-hydrogen) atoms. The summed E-state index contributed by atoms with van der Waals surface area (Å²) in [5.41, 5.74) is 10.7. The SMILES string of the molecule is Cc1c2cc(C(C)(C)C)cc1CC(=O)Cc1cc(C(C)(C)C)cc(c1C)CC2. The van der Waals surface area contributed by atoms with Crippen molar-refractivity contribution in [2.75, 3.05) is 0 Å². The van der Waals surface area contributed by atoms with Crippen molar-refractivity contribution in [1.29, 1.82) is 0 Å². The maximum atomic E-state index is 13.1. The fraction of sp³-hybridized carbons (Fsp3) is 0.519. The molecule has 0 aliphatic heterocycles. The largest absolute Gasteiger partial charge is 0.299 e. The van der Waals surface area contributed by atoms with Gasteiger partial charge >= 0.3 is 0 Å². The summed E-state index contributed by atoms with van der Waals surface area (Å²) in [5, 5.41) is 0. The minimum atomic E-state index is 0.0906. The minimum Gasteiger partial charge on any atom is -0.299 e. The van der Waals surface area contributed by atoms with E-state index >= 15 is 0 Å². The van der Waals surface area contributed by atoms with E-state index in [1.165, 1.54) is 44.5 Å². The number of ketones is 1. The summed E-state index contributed by atoms with van der Waals surface area (Å²) in [5.74, 6) is 0.321. The van der Waals surface area contributed by atoms with Gasteiger partial charge in [0.25, 0.3) is 0 Å². The molecule has 0 saturated carbocycles. The highest BCUT2D eigenvalue weighted by Crippen LogP contribution is 2.32. The van der Waals surface area contributed by atoms with Crippen LogP contribution in [-0.2, 0) is 41.3 Å². The molecule has 2 aromatic rings. The first kappa shape index (κ1) is 20.8. The molecule has 1 aliphatic rings. The molecule has 0 heterocycles. The number of Topliss-reactive ketones (excluding diaryl/α,β-unsaturated/α-hetero) is 1. The number of rotatable bonds is 0. The number of benzene rings is 2. The normalized spacial score (nSPS) is 15.4. The Balaban J connectivity index is 2.16. The van der Waals surface area contributed by atoms with Crippen molar-refractivity contribution in [3.05, 3.63) is 68.8 Å². The van der Waals surface area contributed by atoms with Gasteiger partial charge in [-0.15, -0.1) is 0 Å². The average molecular weight is 377 g/mol. The van der Waals surface area contributed by atoms with Crippen LogP contribution in [0.4, 0.5) is 0 Å². The summed E-state index contributed by atoms with van der Waals surface area (Å²) < 4.78 is 0.